The first-order chi connectivity index (χ1) is 11.1. The molecule has 3 aromatic rings. The van der Waals surface area contributed by atoms with Crippen molar-refractivity contribution in [3.63, 3.8) is 0 Å². The smallest absolute Gasteiger partial charge is 0.230 e. The minimum absolute atomic E-state index is 0.0925. The lowest BCUT2D eigenvalue weighted by molar-refractivity contribution is -0.115. The number of rotatable bonds is 3. The Balaban J connectivity index is 1.84. The summed E-state index contributed by atoms with van der Waals surface area (Å²) in [5, 5.41) is 16.6. The highest BCUT2D eigenvalue weighted by atomic mass is 16.5. The Labute approximate surface area is 133 Å². The molecule has 0 spiro atoms. The van der Waals surface area contributed by atoms with Crippen LogP contribution in [0.1, 0.15) is 22.4 Å². The van der Waals surface area contributed by atoms with Gasteiger partial charge in [-0.1, -0.05) is 17.3 Å². The average molecular weight is 305 g/mol. The van der Waals surface area contributed by atoms with E-state index >= 15 is 0 Å². The number of aryl methyl sites for hydroxylation is 2. The van der Waals surface area contributed by atoms with Gasteiger partial charge in [0.15, 0.2) is 5.58 Å². The second-order valence-corrected chi connectivity index (χ2v) is 5.44. The predicted molar refractivity (Wildman–Crippen MR) is 87.0 cm³/mol. The number of carbonyl (C=O) groups is 1. The van der Waals surface area contributed by atoms with Crippen LogP contribution in [0.25, 0.3) is 11.0 Å². The molecule has 0 unspecified atom stereocenters. The summed E-state index contributed by atoms with van der Waals surface area (Å²) in [7, 11) is 0. The molecule has 0 radical (unpaired) electrons. The van der Waals surface area contributed by atoms with Gasteiger partial charge in [-0.05, 0) is 49.2 Å². The van der Waals surface area contributed by atoms with Crippen LogP contribution in [-0.2, 0) is 11.2 Å². The molecule has 1 N–H and O–H groups in total. The number of nitrogens with zero attached hydrogens (tertiary/aromatic N) is 2. The van der Waals surface area contributed by atoms with Crippen LogP contribution in [0.2, 0.25) is 0 Å². The lowest BCUT2D eigenvalue weighted by atomic mass is 10.1. The largest absolute Gasteiger partial charge is 0.356 e. The Hall–Kier alpha value is -3.13. The molecule has 23 heavy (non-hydrogen) atoms. The van der Waals surface area contributed by atoms with Gasteiger partial charge in [-0.3, -0.25) is 4.79 Å². The molecular weight excluding hydrogens is 290 g/mol. The summed E-state index contributed by atoms with van der Waals surface area (Å²) in [5.74, 6) is -0.235. The van der Waals surface area contributed by atoms with E-state index in [0.29, 0.717) is 22.5 Å². The van der Waals surface area contributed by atoms with Crippen molar-refractivity contribution in [1.29, 1.82) is 5.26 Å². The van der Waals surface area contributed by atoms with Crippen molar-refractivity contribution in [3.8, 4) is 6.07 Å². The summed E-state index contributed by atoms with van der Waals surface area (Å²) in [6, 6.07) is 12.8. The zero-order chi connectivity index (χ0) is 16.4. The number of amides is 1. The normalized spacial score (nSPS) is 10.5. The number of hydrogen-bond acceptors (Lipinski definition) is 4. The third-order valence-electron chi connectivity index (χ3n) is 3.81. The summed E-state index contributed by atoms with van der Waals surface area (Å²) in [6.07, 6.45) is 0.0925. The number of anilines is 1. The Bertz CT molecular complexity index is 935. The molecule has 3 rings (SSSR count). The molecule has 0 aliphatic carbocycles. The number of para-hydroxylation sites is 1. The fourth-order valence-electron chi connectivity index (χ4n) is 2.41. The van der Waals surface area contributed by atoms with Gasteiger partial charge in [0.1, 0.15) is 11.8 Å². The SMILES string of the molecule is Cc1cc2onc(CC(=O)Nc3ccccc3C#N)c2cc1C. The van der Waals surface area contributed by atoms with E-state index < -0.39 is 0 Å². The molecule has 0 saturated carbocycles. The number of benzene rings is 2. The lowest BCUT2D eigenvalue weighted by Gasteiger charge is -2.05. The van der Waals surface area contributed by atoms with Gasteiger partial charge in [-0.25, -0.2) is 0 Å². The summed E-state index contributed by atoms with van der Waals surface area (Å²) in [4.78, 5) is 12.2. The first kappa shape index (κ1) is 14.8. The third kappa shape index (κ3) is 2.92. The van der Waals surface area contributed by atoms with E-state index in [1.54, 1.807) is 24.3 Å². The van der Waals surface area contributed by atoms with Crippen LogP contribution in [-0.4, -0.2) is 11.1 Å². The van der Waals surface area contributed by atoms with E-state index in [0.717, 1.165) is 16.5 Å². The van der Waals surface area contributed by atoms with Crippen molar-refractivity contribution >= 4 is 22.6 Å². The number of aromatic nitrogens is 1. The van der Waals surface area contributed by atoms with E-state index in [1.165, 1.54) is 0 Å². The van der Waals surface area contributed by atoms with Gasteiger partial charge in [-0.2, -0.15) is 5.26 Å². The topological polar surface area (TPSA) is 78.9 Å². The van der Waals surface area contributed by atoms with E-state index in [9.17, 15) is 4.79 Å². The highest BCUT2D eigenvalue weighted by Crippen LogP contribution is 2.23. The van der Waals surface area contributed by atoms with Gasteiger partial charge in [0.25, 0.3) is 0 Å². The molecule has 1 aromatic heterocycles. The highest BCUT2D eigenvalue weighted by Gasteiger charge is 2.14. The van der Waals surface area contributed by atoms with Crippen LogP contribution in [0.15, 0.2) is 40.9 Å². The van der Waals surface area contributed by atoms with Crippen molar-refractivity contribution in [3.05, 3.63) is 58.8 Å². The van der Waals surface area contributed by atoms with Gasteiger partial charge in [-0.15, -0.1) is 0 Å². The predicted octanol–water partition coefficient (Wildman–Crippen LogP) is 3.50. The summed E-state index contributed by atoms with van der Waals surface area (Å²) in [6.45, 7) is 4.01. The third-order valence-corrected chi connectivity index (χ3v) is 3.81. The Morgan fingerprint density at radius 2 is 2.00 bits per heavy atom. The first-order valence-corrected chi connectivity index (χ1v) is 7.23. The second-order valence-electron chi connectivity index (χ2n) is 5.44. The molecule has 5 heteroatoms. The molecule has 1 amide bonds. The van der Waals surface area contributed by atoms with E-state index in [2.05, 4.69) is 16.5 Å². The number of nitriles is 1. The van der Waals surface area contributed by atoms with E-state index in [4.69, 9.17) is 9.78 Å². The second kappa shape index (κ2) is 5.93. The minimum Gasteiger partial charge on any atom is -0.356 e. The maximum Gasteiger partial charge on any atom is 0.230 e. The highest BCUT2D eigenvalue weighted by molar-refractivity contribution is 5.95. The van der Waals surface area contributed by atoms with Crippen LogP contribution in [0.3, 0.4) is 0 Å². The molecule has 2 aromatic carbocycles. The molecule has 0 aliphatic heterocycles. The van der Waals surface area contributed by atoms with Gasteiger partial charge < -0.3 is 9.84 Å². The molecule has 5 nitrogen and oxygen atoms in total. The van der Waals surface area contributed by atoms with Crippen LogP contribution in [0.4, 0.5) is 5.69 Å². The van der Waals surface area contributed by atoms with Crippen molar-refractivity contribution in [2.24, 2.45) is 0 Å². The maximum absolute atomic E-state index is 12.2. The molecule has 0 bridgehead atoms. The average Bonchev–Trinajstić information content (AvgIpc) is 2.90. The van der Waals surface area contributed by atoms with Crippen LogP contribution >= 0.6 is 0 Å². The standard InChI is InChI=1S/C18H15N3O2/c1-11-7-14-16(21-23-17(14)8-12(11)2)9-18(22)20-15-6-4-3-5-13(15)10-19/h3-8H,9H2,1-2H3,(H,20,22). The monoisotopic (exact) mass is 305 g/mol. The summed E-state index contributed by atoms with van der Waals surface area (Å²) >= 11 is 0. The fourth-order valence-corrected chi connectivity index (χ4v) is 2.41. The Kier molecular flexibility index (Phi) is 3.82. The minimum atomic E-state index is -0.235. The maximum atomic E-state index is 12.2. The molecule has 114 valence electrons. The first-order valence-electron chi connectivity index (χ1n) is 7.23. The molecule has 0 fully saturated rings. The van der Waals surface area contributed by atoms with Gasteiger partial charge in [0.05, 0.1) is 17.7 Å². The molecule has 0 aliphatic rings. The number of nitrogens with one attached hydrogen (secondary N) is 1. The quantitative estimate of drug-likeness (QED) is 0.803. The van der Waals surface area contributed by atoms with Crippen LogP contribution in [0.5, 0.6) is 0 Å². The van der Waals surface area contributed by atoms with E-state index in [1.807, 2.05) is 26.0 Å². The van der Waals surface area contributed by atoms with Crippen molar-refractivity contribution < 1.29 is 9.32 Å². The summed E-state index contributed by atoms with van der Waals surface area (Å²) < 4.78 is 5.30. The fraction of sp³-hybridized carbons (Fsp3) is 0.167. The molecular formula is C18H15N3O2. The van der Waals surface area contributed by atoms with Crippen molar-refractivity contribution in [1.82, 2.24) is 5.16 Å². The number of carbonyl (C=O) groups excluding carboxylic acids is 1. The number of fused-ring (bicyclic) bond motifs is 1. The van der Waals surface area contributed by atoms with Crippen molar-refractivity contribution in [2.45, 2.75) is 20.3 Å². The van der Waals surface area contributed by atoms with Crippen LogP contribution < -0.4 is 5.32 Å². The Morgan fingerprint density at radius 3 is 2.78 bits per heavy atom. The molecule has 0 atom stereocenters. The Morgan fingerprint density at radius 1 is 1.26 bits per heavy atom. The lowest BCUT2D eigenvalue weighted by Crippen LogP contribution is -2.15. The van der Waals surface area contributed by atoms with Gasteiger partial charge in [0.2, 0.25) is 5.91 Å². The molecule has 1 heterocycles. The zero-order valence-corrected chi connectivity index (χ0v) is 12.9. The van der Waals surface area contributed by atoms with E-state index in [-0.39, 0.29) is 12.3 Å². The summed E-state index contributed by atoms with van der Waals surface area (Å²) in [5.41, 5.74) is 4.44. The molecule has 0 saturated heterocycles. The van der Waals surface area contributed by atoms with Gasteiger partial charge >= 0.3 is 0 Å². The van der Waals surface area contributed by atoms with Crippen molar-refractivity contribution in [2.75, 3.05) is 5.32 Å². The van der Waals surface area contributed by atoms with Crippen LogP contribution in [0, 0.1) is 25.2 Å². The van der Waals surface area contributed by atoms with Gasteiger partial charge in [0, 0.05) is 5.39 Å². The number of hydrogen-bond donors (Lipinski definition) is 1. The zero-order valence-electron chi connectivity index (χ0n) is 12.9.